The van der Waals surface area contributed by atoms with Gasteiger partial charge >= 0.3 is 5.97 Å². The van der Waals surface area contributed by atoms with E-state index in [-0.39, 0.29) is 30.0 Å². The number of carbonyl (C=O) groups is 2. The summed E-state index contributed by atoms with van der Waals surface area (Å²) in [6.45, 7) is 0.0378. The highest BCUT2D eigenvalue weighted by Gasteiger charge is 2.41. The van der Waals surface area contributed by atoms with E-state index in [4.69, 9.17) is 16.7 Å². The van der Waals surface area contributed by atoms with Gasteiger partial charge in [0.25, 0.3) is 0 Å². The van der Waals surface area contributed by atoms with Crippen molar-refractivity contribution in [2.75, 3.05) is 12.4 Å². The molecule has 3 N–H and O–H groups in total. The summed E-state index contributed by atoms with van der Waals surface area (Å²) >= 11 is 7.33. The maximum atomic E-state index is 12.1. The Balaban J connectivity index is 1.78. The zero-order valence-corrected chi connectivity index (χ0v) is 16.8. The molecule has 150 valence electrons. The number of carboxylic acid groups (broad SMARTS) is 1. The molecule has 27 heavy (non-hydrogen) atoms. The van der Waals surface area contributed by atoms with Crippen LogP contribution in [0.4, 0.5) is 0 Å². The molecule has 5 nitrogen and oxygen atoms in total. The lowest BCUT2D eigenvalue weighted by Gasteiger charge is -2.20. The Bertz CT molecular complexity index is 621. The second-order valence-electron chi connectivity index (χ2n) is 6.98. The van der Waals surface area contributed by atoms with Crippen molar-refractivity contribution in [3.05, 3.63) is 34.9 Å². The number of aliphatic hydroxyl groups is 2. The Hall–Kier alpha value is -1.08. The lowest BCUT2D eigenvalue weighted by atomic mass is 9.92. The summed E-state index contributed by atoms with van der Waals surface area (Å²) in [6, 6.07) is 6.91. The van der Waals surface area contributed by atoms with Crippen molar-refractivity contribution in [2.24, 2.45) is 5.92 Å². The molecule has 1 saturated carbocycles. The number of unbranched alkanes of at least 4 members (excludes halogenated alkanes) is 2. The lowest BCUT2D eigenvalue weighted by molar-refractivity contribution is -0.139. The van der Waals surface area contributed by atoms with Crippen molar-refractivity contribution >= 4 is 35.1 Å². The standard InChI is InChI=1S/C20H27ClO5S/c21-14-8-6-13(7-9-14)15(20(25)26)4-2-1-3-5-16-17(23)12-18(24)19(16)27-11-10-22/h6-9,15-16,18-19,22,24H,1-5,10-12H2,(H,25,26)/t15?,16-,18?,19+/m0/s1. The number of aliphatic carboxylic acids is 1. The molecule has 0 radical (unpaired) electrons. The second-order valence-corrected chi connectivity index (χ2v) is 8.71. The number of rotatable bonds is 11. The Morgan fingerprint density at radius 3 is 2.56 bits per heavy atom. The number of halogens is 1. The molecule has 0 amide bonds. The van der Waals surface area contributed by atoms with Crippen molar-refractivity contribution in [3.63, 3.8) is 0 Å². The molecular weight excluding hydrogens is 388 g/mol. The highest BCUT2D eigenvalue weighted by atomic mass is 35.5. The average molecular weight is 415 g/mol. The molecule has 4 atom stereocenters. The van der Waals surface area contributed by atoms with Crippen LogP contribution in [0, 0.1) is 5.92 Å². The van der Waals surface area contributed by atoms with Gasteiger partial charge in [0.2, 0.25) is 0 Å². The van der Waals surface area contributed by atoms with Gasteiger partial charge in [-0.2, -0.15) is 11.8 Å². The molecule has 1 aromatic carbocycles. The first-order chi connectivity index (χ1) is 12.9. The Morgan fingerprint density at radius 2 is 1.93 bits per heavy atom. The molecule has 2 unspecified atom stereocenters. The number of aliphatic hydroxyl groups excluding tert-OH is 2. The first-order valence-electron chi connectivity index (χ1n) is 9.35. The number of ketones is 1. The zero-order chi connectivity index (χ0) is 19.8. The van der Waals surface area contributed by atoms with Gasteiger partial charge in [-0.15, -0.1) is 0 Å². The van der Waals surface area contributed by atoms with Crippen molar-refractivity contribution in [2.45, 2.75) is 55.8 Å². The van der Waals surface area contributed by atoms with Crippen molar-refractivity contribution < 1.29 is 24.9 Å². The van der Waals surface area contributed by atoms with E-state index < -0.39 is 18.0 Å². The van der Waals surface area contributed by atoms with Crippen LogP contribution < -0.4 is 0 Å². The van der Waals surface area contributed by atoms with Crippen LogP contribution in [0.3, 0.4) is 0 Å². The number of carboxylic acids is 1. The molecule has 0 aromatic heterocycles. The first kappa shape index (κ1) is 22.2. The third kappa shape index (κ3) is 6.49. The van der Waals surface area contributed by atoms with E-state index in [1.165, 1.54) is 11.8 Å². The molecule has 1 aliphatic carbocycles. The minimum Gasteiger partial charge on any atom is -0.481 e. The van der Waals surface area contributed by atoms with Gasteiger partial charge in [0.1, 0.15) is 5.78 Å². The van der Waals surface area contributed by atoms with E-state index >= 15 is 0 Å². The van der Waals surface area contributed by atoms with Crippen molar-refractivity contribution in [1.29, 1.82) is 0 Å². The number of benzene rings is 1. The highest BCUT2D eigenvalue weighted by Crippen LogP contribution is 2.36. The van der Waals surface area contributed by atoms with Crippen molar-refractivity contribution in [1.82, 2.24) is 0 Å². The summed E-state index contributed by atoms with van der Waals surface area (Å²) in [4.78, 5) is 23.7. The molecule has 1 aromatic rings. The monoisotopic (exact) mass is 414 g/mol. The topological polar surface area (TPSA) is 94.8 Å². The lowest BCUT2D eigenvalue weighted by Crippen LogP contribution is -2.24. The summed E-state index contributed by atoms with van der Waals surface area (Å²) in [5.74, 6) is -0.935. The maximum Gasteiger partial charge on any atom is 0.310 e. The fraction of sp³-hybridized carbons (Fsp3) is 0.600. The smallest absolute Gasteiger partial charge is 0.310 e. The van der Waals surface area contributed by atoms with E-state index in [0.717, 1.165) is 24.8 Å². The minimum atomic E-state index is -0.841. The molecule has 0 heterocycles. The van der Waals surface area contributed by atoms with Gasteiger partial charge in [0.15, 0.2) is 0 Å². The Morgan fingerprint density at radius 1 is 1.22 bits per heavy atom. The Kier molecular flexibility index (Phi) is 9.09. The predicted molar refractivity (Wildman–Crippen MR) is 107 cm³/mol. The summed E-state index contributed by atoms with van der Waals surface area (Å²) < 4.78 is 0. The molecular formula is C20H27ClO5S. The molecule has 0 aliphatic heterocycles. The molecule has 1 aliphatic rings. The zero-order valence-electron chi connectivity index (χ0n) is 15.2. The molecule has 1 fully saturated rings. The van der Waals surface area contributed by atoms with Gasteiger partial charge in [0, 0.05) is 28.4 Å². The second kappa shape index (κ2) is 11.1. The van der Waals surface area contributed by atoms with E-state index in [0.29, 0.717) is 23.6 Å². The summed E-state index contributed by atoms with van der Waals surface area (Å²) in [5, 5.41) is 28.9. The van der Waals surface area contributed by atoms with Gasteiger partial charge in [-0.1, -0.05) is 43.0 Å². The van der Waals surface area contributed by atoms with E-state index in [1.807, 2.05) is 0 Å². The number of carbonyl (C=O) groups excluding carboxylic acids is 1. The van der Waals surface area contributed by atoms with Crippen LogP contribution in [0.2, 0.25) is 5.02 Å². The minimum absolute atomic E-state index is 0.0378. The largest absolute Gasteiger partial charge is 0.481 e. The molecule has 0 saturated heterocycles. The SMILES string of the molecule is O=C(O)C(CCCCC[C@H]1C(=O)CC(O)[C@@H]1SCCO)c1ccc(Cl)cc1. The summed E-state index contributed by atoms with van der Waals surface area (Å²) in [7, 11) is 0. The van der Waals surface area contributed by atoms with Crippen LogP contribution in [0.5, 0.6) is 0 Å². The van der Waals surface area contributed by atoms with Crippen LogP contribution in [0.25, 0.3) is 0 Å². The normalized spacial score (nSPS) is 23.5. The summed E-state index contributed by atoms with van der Waals surface area (Å²) in [5.41, 5.74) is 0.751. The van der Waals surface area contributed by atoms with Gasteiger partial charge in [-0.3, -0.25) is 9.59 Å². The predicted octanol–water partition coefficient (Wildman–Crippen LogP) is 3.50. The van der Waals surface area contributed by atoms with Crippen LogP contribution in [0.15, 0.2) is 24.3 Å². The van der Waals surface area contributed by atoms with Gasteiger partial charge in [-0.25, -0.2) is 0 Å². The fourth-order valence-electron chi connectivity index (χ4n) is 3.68. The number of hydrogen-bond acceptors (Lipinski definition) is 5. The fourth-order valence-corrected chi connectivity index (χ4v) is 5.03. The number of Topliss-reactive ketones (excluding diaryl/α,β-unsaturated/α-hetero) is 1. The molecule has 0 spiro atoms. The van der Waals surface area contributed by atoms with Crippen LogP contribution >= 0.6 is 23.4 Å². The van der Waals surface area contributed by atoms with Gasteiger partial charge < -0.3 is 15.3 Å². The maximum absolute atomic E-state index is 12.1. The van der Waals surface area contributed by atoms with Crippen LogP contribution in [-0.2, 0) is 9.59 Å². The Labute approximate surface area is 169 Å². The summed E-state index contributed by atoms with van der Waals surface area (Å²) in [6.07, 6.45) is 3.25. The van der Waals surface area contributed by atoms with Crippen LogP contribution in [-0.4, -0.2) is 50.8 Å². The molecule has 7 heteroatoms. The van der Waals surface area contributed by atoms with Crippen molar-refractivity contribution in [3.8, 4) is 0 Å². The van der Waals surface area contributed by atoms with Crippen LogP contribution in [0.1, 0.15) is 50.0 Å². The third-order valence-corrected chi connectivity index (χ3v) is 6.78. The van der Waals surface area contributed by atoms with E-state index in [1.54, 1.807) is 24.3 Å². The first-order valence-corrected chi connectivity index (χ1v) is 10.8. The number of hydrogen-bond donors (Lipinski definition) is 3. The quantitative estimate of drug-likeness (QED) is 0.480. The third-order valence-electron chi connectivity index (χ3n) is 5.08. The number of thioether (sulfide) groups is 1. The average Bonchev–Trinajstić information content (AvgIpc) is 2.90. The van der Waals surface area contributed by atoms with E-state index in [2.05, 4.69) is 0 Å². The molecule has 2 rings (SSSR count). The van der Waals surface area contributed by atoms with E-state index in [9.17, 15) is 19.8 Å². The highest BCUT2D eigenvalue weighted by molar-refractivity contribution is 8.00. The van der Waals surface area contributed by atoms with Gasteiger partial charge in [0.05, 0.1) is 18.6 Å². The molecule has 0 bridgehead atoms. The van der Waals surface area contributed by atoms with Gasteiger partial charge in [-0.05, 0) is 30.5 Å².